The zero-order valence-electron chi connectivity index (χ0n) is 9.93. The third kappa shape index (κ3) is 2.58. The highest BCUT2D eigenvalue weighted by Gasteiger charge is 2.37. The van der Waals surface area contributed by atoms with Crippen LogP contribution in [0.2, 0.25) is 10.0 Å². The van der Waals surface area contributed by atoms with Crippen LogP contribution >= 0.6 is 23.2 Å². The van der Waals surface area contributed by atoms with Gasteiger partial charge < -0.3 is 5.11 Å². The summed E-state index contributed by atoms with van der Waals surface area (Å²) in [5.74, 6) is -1.36. The van der Waals surface area contributed by atoms with Crippen molar-refractivity contribution in [3.05, 3.63) is 27.7 Å². The lowest BCUT2D eigenvalue weighted by Gasteiger charge is -2.18. The van der Waals surface area contributed by atoms with Crippen molar-refractivity contribution in [1.29, 1.82) is 0 Å². The van der Waals surface area contributed by atoms with E-state index in [-0.39, 0.29) is 21.0 Å². The Balaban J connectivity index is 2.57. The fourth-order valence-corrected chi connectivity index (χ4v) is 4.03. The van der Waals surface area contributed by atoms with Crippen LogP contribution in [0.3, 0.4) is 0 Å². The van der Waals surface area contributed by atoms with E-state index >= 15 is 0 Å². The molecule has 1 aliphatic carbocycles. The molecule has 1 aromatic carbocycles. The summed E-state index contributed by atoms with van der Waals surface area (Å²) in [4.78, 5) is 10.8. The number of sulfonamides is 1. The van der Waals surface area contributed by atoms with Crippen molar-refractivity contribution in [2.45, 2.75) is 23.8 Å². The minimum atomic E-state index is -3.80. The third-order valence-electron chi connectivity index (χ3n) is 2.99. The van der Waals surface area contributed by atoms with E-state index < -0.39 is 21.6 Å². The van der Waals surface area contributed by atoms with Gasteiger partial charge in [-0.2, -0.15) is 4.31 Å². The Morgan fingerprint density at radius 3 is 2.42 bits per heavy atom. The van der Waals surface area contributed by atoms with E-state index in [1.165, 1.54) is 23.5 Å². The number of nitrogens with zero attached hydrogens (tertiary/aromatic N) is 1. The Morgan fingerprint density at radius 1 is 1.37 bits per heavy atom. The van der Waals surface area contributed by atoms with Gasteiger partial charge >= 0.3 is 5.97 Å². The maximum Gasteiger partial charge on any atom is 0.338 e. The second-order valence-corrected chi connectivity index (χ2v) is 7.04. The number of halogens is 2. The molecule has 0 aromatic heterocycles. The van der Waals surface area contributed by atoms with E-state index in [4.69, 9.17) is 28.3 Å². The van der Waals surface area contributed by atoms with Gasteiger partial charge in [0.2, 0.25) is 10.0 Å². The molecular weight excluding hydrogens is 313 g/mol. The summed E-state index contributed by atoms with van der Waals surface area (Å²) in [7, 11) is -2.34. The van der Waals surface area contributed by atoms with Crippen molar-refractivity contribution < 1.29 is 18.3 Å². The summed E-state index contributed by atoms with van der Waals surface area (Å²) in [5, 5.41) is 8.57. The number of carboxylic acids is 1. The van der Waals surface area contributed by atoms with Gasteiger partial charge in [0, 0.05) is 13.1 Å². The summed E-state index contributed by atoms with van der Waals surface area (Å²) >= 11 is 11.6. The number of benzene rings is 1. The SMILES string of the molecule is CN(C1CC1)S(=O)(=O)c1ccc(Cl)c(C(=O)O)c1Cl. The van der Waals surface area contributed by atoms with E-state index in [9.17, 15) is 13.2 Å². The first-order valence-electron chi connectivity index (χ1n) is 5.46. The Kier molecular flexibility index (Phi) is 3.79. The highest BCUT2D eigenvalue weighted by atomic mass is 35.5. The number of carboxylic acid groups (broad SMARTS) is 1. The van der Waals surface area contributed by atoms with Crippen molar-refractivity contribution in [1.82, 2.24) is 4.31 Å². The lowest BCUT2D eigenvalue weighted by atomic mass is 10.2. The molecule has 0 radical (unpaired) electrons. The monoisotopic (exact) mass is 323 g/mol. The maximum atomic E-state index is 12.3. The van der Waals surface area contributed by atoms with Gasteiger partial charge in [-0.05, 0) is 25.0 Å². The molecule has 19 heavy (non-hydrogen) atoms. The average Bonchev–Trinajstić information content (AvgIpc) is 3.10. The van der Waals surface area contributed by atoms with E-state index in [1.54, 1.807) is 0 Å². The summed E-state index contributed by atoms with van der Waals surface area (Å²) in [6.45, 7) is 0. The van der Waals surface area contributed by atoms with Crippen molar-refractivity contribution >= 4 is 39.2 Å². The Hall–Kier alpha value is -0.820. The Labute approximate surface area is 120 Å². The Bertz CT molecular complexity index is 640. The molecule has 8 heteroatoms. The van der Waals surface area contributed by atoms with Crippen LogP contribution in [0, 0.1) is 0 Å². The van der Waals surface area contributed by atoms with Crippen LogP contribution < -0.4 is 0 Å². The molecule has 0 unspecified atom stereocenters. The summed E-state index contributed by atoms with van der Waals surface area (Å²) in [6.07, 6.45) is 1.60. The fraction of sp³-hybridized carbons (Fsp3) is 0.364. The van der Waals surface area contributed by atoms with E-state index in [2.05, 4.69) is 0 Å². The molecule has 0 amide bonds. The summed E-state index contributed by atoms with van der Waals surface area (Å²) < 4.78 is 25.9. The summed E-state index contributed by atoms with van der Waals surface area (Å²) in [6, 6.07) is 2.42. The first-order chi connectivity index (χ1) is 8.76. The number of aromatic carboxylic acids is 1. The van der Waals surface area contributed by atoms with Gasteiger partial charge in [0.05, 0.1) is 15.6 Å². The second kappa shape index (κ2) is 4.94. The molecule has 0 aliphatic heterocycles. The predicted molar refractivity (Wildman–Crippen MR) is 71.4 cm³/mol. The zero-order chi connectivity index (χ0) is 14.4. The van der Waals surface area contributed by atoms with Gasteiger partial charge in [0.15, 0.2) is 0 Å². The molecule has 1 saturated carbocycles. The minimum Gasteiger partial charge on any atom is -0.478 e. The third-order valence-corrected chi connectivity index (χ3v) is 5.76. The van der Waals surface area contributed by atoms with Gasteiger partial charge in [-0.3, -0.25) is 0 Å². The molecule has 0 heterocycles. The summed E-state index contributed by atoms with van der Waals surface area (Å²) in [5.41, 5.74) is -0.395. The number of hydrogen-bond acceptors (Lipinski definition) is 3. The quantitative estimate of drug-likeness (QED) is 0.923. The highest BCUT2D eigenvalue weighted by Crippen LogP contribution is 2.36. The maximum absolute atomic E-state index is 12.3. The molecule has 104 valence electrons. The normalized spacial score (nSPS) is 15.8. The van der Waals surface area contributed by atoms with Crippen LogP contribution in [-0.2, 0) is 10.0 Å². The van der Waals surface area contributed by atoms with Gasteiger partial charge in [0.25, 0.3) is 0 Å². The zero-order valence-corrected chi connectivity index (χ0v) is 12.3. The van der Waals surface area contributed by atoms with E-state index in [0.29, 0.717) is 0 Å². The molecule has 1 aliphatic rings. The van der Waals surface area contributed by atoms with Crippen molar-refractivity contribution in [3.8, 4) is 0 Å². The fourth-order valence-electron chi connectivity index (χ4n) is 1.72. The van der Waals surface area contributed by atoms with Gasteiger partial charge in [-0.1, -0.05) is 23.2 Å². The van der Waals surface area contributed by atoms with Crippen LogP contribution in [-0.4, -0.2) is 36.9 Å². The molecule has 0 saturated heterocycles. The van der Waals surface area contributed by atoms with Crippen LogP contribution in [0.5, 0.6) is 0 Å². The molecule has 5 nitrogen and oxygen atoms in total. The number of rotatable bonds is 4. The van der Waals surface area contributed by atoms with Crippen LogP contribution in [0.25, 0.3) is 0 Å². The molecule has 1 aromatic rings. The largest absolute Gasteiger partial charge is 0.478 e. The highest BCUT2D eigenvalue weighted by molar-refractivity contribution is 7.89. The van der Waals surface area contributed by atoms with Crippen molar-refractivity contribution in [2.24, 2.45) is 0 Å². The molecule has 1 fully saturated rings. The molecule has 1 N–H and O–H groups in total. The number of carbonyl (C=O) groups is 1. The molecular formula is C11H11Cl2NO4S. The smallest absolute Gasteiger partial charge is 0.338 e. The van der Waals surface area contributed by atoms with Gasteiger partial charge in [-0.15, -0.1) is 0 Å². The Morgan fingerprint density at radius 2 is 1.95 bits per heavy atom. The first kappa shape index (κ1) is 14.6. The van der Waals surface area contributed by atoms with Crippen LogP contribution in [0.1, 0.15) is 23.2 Å². The standard InChI is InChI=1S/C11H11Cl2NO4S/c1-14(6-2-3-6)19(17,18)8-5-4-7(12)9(10(8)13)11(15)16/h4-6H,2-3H2,1H3,(H,15,16). The second-order valence-electron chi connectivity index (χ2n) is 4.29. The molecule has 0 atom stereocenters. The van der Waals surface area contributed by atoms with Crippen LogP contribution in [0.4, 0.5) is 0 Å². The van der Waals surface area contributed by atoms with Gasteiger partial charge in [0.1, 0.15) is 4.90 Å². The number of hydrogen-bond donors (Lipinski definition) is 1. The lowest BCUT2D eigenvalue weighted by Crippen LogP contribution is -2.29. The van der Waals surface area contributed by atoms with E-state index in [0.717, 1.165) is 12.8 Å². The first-order valence-corrected chi connectivity index (χ1v) is 7.65. The van der Waals surface area contributed by atoms with Crippen molar-refractivity contribution in [2.75, 3.05) is 7.05 Å². The minimum absolute atomic E-state index is 0.0370. The van der Waals surface area contributed by atoms with Crippen LogP contribution in [0.15, 0.2) is 17.0 Å². The lowest BCUT2D eigenvalue weighted by molar-refractivity contribution is 0.0697. The molecule has 2 rings (SSSR count). The van der Waals surface area contributed by atoms with Crippen molar-refractivity contribution in [3.63, 3.8) is 0 Å². The predicted octanol–water partition coefficient (Wildman–Crippen LogP) is 2.47. The van der Waals surface area contributed by atoms with Gasteiger partial charge in [-0.25, -0.2) is 13.2 Å². The van der Waals surface area contributed by atoms with E-state index in [1.807, 2.05) is 0 Å². The molecule has 0 bridgehead atoms. The topological polar surface area (TPSA) is 74.7 Å². The average molecular weight is 324 g/mol. The molecule has 0 spiro atoms.